The highest BCUT2D eigenvalue weighted by atomic mass is 16.5. The summed E-state index contributed by atoms with van der Waals surface area (Å²) in [5, 5.41) is 0. The van der Waals surface area contributed by atoms with E-state index in [2.05, 4.69) is 31.0 Å². The molecule has 3 nitrogen and oxygen atoms in total. The highest BCUT2D eigenvalue weighted by Crippen LogP contribution is 2.29. The van der Waals surface area contributed by atoms with Crippen LogP contribution in [0.2, 0.25) is 0 Å². The second kappa shape index (κ2) is 9.04. The van der Waals surface area contributed by atoms with Crippen LogP contribution in [-0.4, -0.2) is 12.8 Å². The molecule has 0 fully saturated rings. The van der Waals surface area contributed by atoms with E-state index in [1.54, 1.807) is 0 Å². The van der Waals surface area contributed by atoms with E-state index >= 15 is 0 Å². The van der Waals surface area contributed by atoms with Gasteiger partial charge in [-0.1, -0.05) is 36.4 Å². The molecule has 0 saturated heterocycles. The number of ether oxygens (including phenoxy) is 2. The zero-order valence-corrected chi connectivity index (χ0v) is 16.1. The van der Waals surface area contributed by atoms with Crippen LogP contribution in [0.5, 0.6) is 11.5 Å². The molecular weight excluding hydrogens is 334 g/mol. The number of hydrogen-bond donors (Lipinski definition) is 0. The number of hydrogen-bond acceptors (Lipinski definition) is 3. The minimum atomic E-state index is 0.511. The van der Waals surface area contributed by atoms with Crippen LogP contribution in [0.15, 0.2) is 71.7 Å². The number of nitrogens with zero attached hydrogens (tertiary/aromatic N) is 1. The Morgan fingerprint density at radius 1 is 0.815 bits per heavy atom. The fraction of sp³-hybridized carbons (Fsp3) is 0.208. The largest absolute Gasteiger partial charge is 0.490 e. The van der Waals surface area contributed by atoms with Crippen LogP contribution in [0.25, 0.3) is 0 Å². The molecule has 3 aromatic carbocycles. The average molecular weight is 359 g/mol. The number of benzene rings is 3. The first-order chi connectivity index (χ1) is 13.2. The first-order valence-electron chi connectivity index (χ1n) is 9.20. The van der Waals surface area contributed by atoms with Crippen LogP contribution in [0.4, 0.5) is 5.69 Å². The standard InChI is InChI=1S/C24H25NO2/c1-4-26-24-15-21(16-25-22-12-10-18(2)19(3)14-22)11-13-23(24)27-17-20-8-6-5-7-9-20/h5-16H,4,17H2,1-3H3. The molecule has 0 N–H and O–H groups in total. The van der Waals surface area contributed by atoms with E-state index < -0.39 is 0 Å². The summed E-state index contributed by atoms with van der Waals surface area (Å²) >= 11 is 0. The minimum absolute atomic E-state index is 0.511. The SMILES string of the molecule is CCOc1cc(C=Nc2ccc(C)c(C)c2)ccc1OCc1ccccc1. The van der Waals surface area contributed by atoms with Crippen molar-refractivity contribution in [2.24, 2.45) is 4.99 Å². The van der Waals surface area contributed by atoms with Gasteiger partial charge in [0.1, 0.15) is 6.61 Å². The summed E-state index contributed by atoms with van der Waals surface area (Å²) in [5.41, 5.74) is 5.56. The molecule has 0 unspecified atom stereocenters. The molecule has 0 aliphatic heterocycles. The van der Waals surface area contributed by atoms with Crippen LogP contribution in [0.1, 0.15) is 29.2 Å². The van der Waals surface area contributed by atoms with Gasteiger partial charge >= 0.3 is 0 Å². The lowest BCUT2D eigenvalue weighted by Crippen LogP contribution is -2.00. The molecule has 0 heterocycles. The molecular formula is C24H25NO2. The first-order valence-corrected chi connectivity index (χ1v) is 9.20. The molecule has 0 saturated carbocycles. The molecule has 3 rings (SSSR count). The van der Waals surface area contributed by atoms with Gasteiger partial charge in [-0.05, 0) is 73.4 Å². The predicted octanol–water partition coefficient (Wildman–Crippen LogP) is 6.03. The normalized spacial score (nSPS) is 10.9. The van der Waals surface area contributed by atoms with Gasteiger partial charge in [0.2, 0.25) is 0 Å². The smallest absolute Gasteiger partial charge is 0.161 e. The Balaban J connectivity index is 1.75. The fourth-order valence-electron chi connectivity index (χ4n) is 2.68. The Morgan fingerprint density at radius 2 is 1.63 bits per heavy atom. The Morgan fingerprint density at radius 3 is 2.37 bits per heavy atom. The van der Waals surface area contributed by atoms with Crippen molar-refractivity contribution in [3.05, 3.63) is 89.0 Å². The van der Waals surface area contributed by atoms with Crippen molar-refractivity contribution in [2.75, 3.05) is 6.61 Å². The number of aryl methyl sites for hydroxylation is 2. The molecule has 0 atom stereocenters. The maximum Gasteiger partial charge on any atom is 0.161 e. The van der Waals surface area contributed by atoms with E-state index in [1.165, 1.54) is 11.1 Å². The van der Waals surface area contributed by atoms with Crippen LogP contribution in [0, 0.1) is 13.8 Å². The molecule has 0 aromatic heterocycles. The third-order valence-corrected chi connectivity index (χ3v) is 4.36. The van der Waals surface area contributed by atoms with E-state index in [9.17, 15) is 0 Å². The number of rotatable bonds is 7. The lowest BCUT2D eigenvalue weighted by molar-refractivity contribution is 0.269. The Hall–Kier alpha value is -3.07. The van der Waals surface area contributed by atoms with E-state index in [4.69, 9.17) is 9.47 Å². The molecule has 0 spiro atoms. The molecule has 0 radical (unpaired) electrons. The van der Waals surface area contributed by atoms with Crippen molar-refractivity contribution in [1.82, 2.24) is 0 Å². The van der Waals surface area contributed by atoms with Crippen molar-refractivity contribution in [2.45, 2.75) is 27.4 Å². The van der Waals surface area contributed by atoms with Gasteiger partial charge in [0.25, 0.3) is 0 Å². The molecule has 3 aromatic rings. The van der Waals surface area contributed by atoms with Gasteiger partial charge in [-0.25, -0.2) is 0 Å². The second-order valence-electron chi connectivity index (χ2n) is 6.44. The topological polar surface area (TPSA) is 30.8 Å². The highest BCUT2D eigenvalue weighted by molar-refractivity contribution is 5.83. The summed E-state index contributed by atoms with van der Waals surface area (Å²) in [5.74, 6) is 1.47. The monoisotopic (exact) mass is 359 g/mol. The molecule has 0 amide bonds. The van der Waals surface area contributed by atoms with E-state index in [1.807, 2.05) is 67.7 Å². The minimum Gasteiger partial charge on any atom is -0.490 e. The molecule has 3 heteroatoms. The Kier molecular flexibility index (Phi) is 6.26. The Bertz CT molecular complexity index is 917. The summed E-state index contributed by atoms with van der Waals surface area (Å²) < 4.78 is 11.7. The van der Waals surface area contributed by atoms with Gasteiger partial charge < -0.3 is 9.47 Å². The summed E-state index contributed by atoms with van der Waals surface area (Å²) in [6.45, 7) is 7.26. The fourth-order valence-corrected chi connectivity index (χ4v) is 2.68. The van der Waals surface area contributed by atoms with Gasteiger partial charge in [-0.2, -0.15) is 0 Å². The maximum absolute atomic E-state index is 5.95. The van der Waals surface area contributed by atoms with Gasteiger partial charge in [0, 0.05) is 6.21 Å². The third kappa shape index (κ3) is 5.20. The summed E-state index contributed by atoms with van der Waals surface area (Å²) in [4.78, 5) is 4.58. The van der Waals surface area contributed by atoms with Gasteiger partial charge in [0.15, 0.2) is 11.5 Å². The first kappa shape index (κ1) is 18.7. The van der Waals surface area contributed by atoms with E-state index in [-0.39, 0.29) is 0 Å². The van der Waals surface area contributed by atoms with Crippen LogP contribution >= 0.6 is 0 Å². The lowest BCUT2D eigenvalue weighted by Gasteiger charge is -2.12. The van der Waals surface area contributed by atoms with Crippen LogP contribution < -0.4 is 9.47 Å². The number of aliphatic imine (C=N–C) groups is 1. The second-order valence-corrected chi connectivity index (χ2v) is 6.44. The molecule has 0 bridgehead atoms. The average Bonchev–Trinajstić information content (AvgIpc) is 2.69. The van der Waals surface area contributed by atoms with Crippen molar-refractivity contribution < 1.29 is 9.47 Å². The van der Waals surface area contributed by atoms with Crippen LogP contribution in [0.3, 0.4) is 0 Å². The predicted molar refractivity (Wildman–Crippen MR) is 112 cm³/mol. The van der Waals surface area contributed by atoms with Gasteiger partial charge in [-0.3, -0.25) is 4.99 Å². The van der Waals surface area contributed by atoms with Crippen molar-refractivity contribution in [3.63, 3.8) is 0 Å². The van der Waals surface area contributed by atoms with E-state index in [0.717, 1.165) is 28.3 Å². The summed E-state index contributed by atoms with van der Waals surface area (Å²) in [6.07, 6.45) is 1.85. The zero-order chi connectivity index (χ0) is 19.1. The van der Waals surface area contributed by atoms with Crippen molar-refractivity contribution in [3.8, 4) is 11.5 Å². The molecule has 27 heavy (non-hydrogen) atoms. The molecule has 0 aliphatic carbocycles. The maximum atomic E-state index is 5.95. The van der Waals surface area contributed by atoms with Crippen molar-refractivity contribution >= 4 is 11.9 Å². The quantitative estimate of drug-likeness (QED) is 0.482. The Labute approximate surface area is 161 Å². The zero-order valence-electron chi connectivity index (χ0n) is 16.1. The molecule has 138 valence electrons. The lowest BCUT2D eigenvalue weighted by atomic mass is 10.1. The third-order valence-electron chi connectivity index (χ3n) is 4.36. The van der Waals surface area contributed by atoms with Crippen molar-refractivity contribution in [1.29, 1.82) is 0 Å². The van der Waals surface area contributed by atoms with E-state index in [0.29, 0.717) is 13.2 Å². The molecule has 0 aliphatic rings. The summed E-state index contributed by atoms with van der Waals surface area (Å²) in [6, 6.07) is 22.2. The van der Waals surface area contributed by atoms with Crippen LogP contribution in [-0.2, 0) is 6.61 Å². The van der Waals surface area contributed by atoms with Gasteiger partial charge in [0.05, 0.1) is 12.3 Å². The highest BCUT2D eigenvalue weighted by Gasteiger charge is 2.06. The summed E-state index contributed by atoms with van der Waals surface area (Å²) in [7, 11) is 0. The van der Waals surface area contributed by atoms with Gasteiger partial charge in [-0.15, -0.1) is 0 Å².